The molecule has 2 amide bonds. The first-order valence-electron chi connectivity index (χ1n) is 11.2. The highest BCUT2D eigenvalue weighted by molar-refractivity contribution is 5.89. The fourth-order valence-corrected chi connectivity index (χ4v) is 4.12. The van der Waals surface area contributed by atoms with E-state index >= 15 is 0 Å². The first-order valence-corrected chi connectivity index (χ1v) is 11.2. The molecule has 2 unspecified atom stereocenters. The van der Waals surface area contributed by atoms with E-state index in [0.29, 0.717) is 13.3 Å². The van der Waals surface area contributed by atoms with Gasteiger partial charge in [0.15, 0.2) is 0 Å². The van der Waals surface area contributed by atoms with Crippen LogP contribution in [-0.2, 0) is 14.3 Å². The van der Waals surface area contributed by atoms with Crippen LogP contribution in [0.25, 0.3) is 11.1 Å². The summed E-state index contributed by atoms with van der Waals surface area (Å²) in [6, 6.07) is 15.6. The number of rotatable bonds is 9. The van der Waals surface area contributed by atoms with Gasteiger partial charge in [0, 0.05) is 12.5 Å². The number of nitrogens with one attached hydrogen (secondary N) is 2. The lowest BCUT2D eigenvalue weighted by Gasteiger charge is -2.30. The molecule has 188 valence electrons. The largest absolute Gasteiger partial charge is 0.479 e. The molecule has 1 aliphatic carbocycles. The highest BCUT2D eigenvalue weighted by Gasteiger charge is 2.58. The third kappa shape index (κ3) is 5.41. The lowest BCUT2D eigenvalue weighted by Crippen LogP contribution is -2.63. The van der Waals surface area contributed by atoms with Crippen molar-refractivity contribution in [3.63, 3.8) is 0 Å². The Hall–Kier alpha value is -3.56. The molecule has 0 aromatic heterocycles. The molecule has 2 aromatic rings. The zero-order valence-electron chi connectivity index (χ0n) is 19.3. The average molecular weight is 492 g/mol. The lowest BCUT2D eigenvalue weighted by molar-refractivity contribution is -0.207. The van der Waals surface area contributed by atoms with Crippen molar-refractivity contribution in [3.8, 4) is 11.1 Å². The van der Waals surface area contributed by atoms with Crippen LogP contribution in [0.15, 0.2) is 48.5 Å². The number of ether oxygens (including phenoxy) is 1. The number of aliphatic carboxylic acids is 1. The molecule has 10 heteroatoms. The summed E-state index contributed by atoms with van der Waals surface area (Å²) in [7, 11) is 0. The van der Waals surface area contributed by atoms with E-state index in [1.807, 2.05) is 48.5 Å². The summed E-state index contributed by atoms with van der Waals surface area (Å²) >= 11 is 0. The van der Waals surface area contributed by atoms with E-state index in [2.05, 4.69) is 5.32 Å². The molecule has 2 aromatic carbocycles. The van der Waals surface area contributed by atoms with E-state index in [9.17, 15) is 27.6 Å². The number of carbonyl (C=O) groups excluding carboxylic acids is 2. The van der Waals surface area contributed by atoms with Gasteiger partial charge in [-0.3, -0.25) is 4.79 Å². The maximum Gasteiger partial charge on any atom is 0.422 e. The van der Waals surface area contributed by atoms with Crippen LogP contribution in [0.4, 0.5) is 18.0 Å². The molecule has 7 nitrogen and oxygen atoms in total. The summed E-state index contributed by atoms with van der Waals surface area (Å²) in [4.78, 5) is 36.1. The molecule has 3 rings (SSSR count). The first kappa shape index (κ1) is 26.1. The van der Waals surface area contributed by atoms with Gasteiger partial charge in [-0.1, -0.05) is 61.9 Å². The molecule has 0 spiro atoms. The van der Waals surface area contributed by atoms with Crippen molar-refractivity contribution in [1.29, 1.82) is 0 Å². The number of halogens is 3. The van der Waals surface area contributed by atoms with Crippen molar-refractivity contribution in [2.45, 2.75) is 44.3 Å². The van der Waals surface area contributed by atoms with Crippen LogP contribution in [0, 0.1) is 5.92 Å². The minimum Gasteiger partial charge on any atom is -0.479 e. The maximum absolute atomic E-state index is 13.3. The zero-order chi connectivity index (χ0) is 25.8. The van der Waals surface area contributed by atoms with Crippen molar-refractivity contribution >= 4 is 18.0 Å². The number of alkyl carbamates (subject to hydrolysis) is 1. The first-order chi connectivity index (χ1) is 16.5. The number of carbonyl (C=O) groups is 3. The van der Waals surface area contributed by atoms with Crippen molar-refractivity contribution in [1.82, 2.24) is 10.6 Å². The number of benzene rings is 2. The topological polar surface area (TPSA) is 105 Å². The van der Waals surface area contributed by atoms with E-state index in [1.54, 1.807) is 12.2 Å². The Bertz CT molecular complexity index is 1060. The Morgan fingerprint density at radius 2 is 1.57 bits per heavy atom. The van der Waals surface area contributed by atoms with E-state index in [4.69, 9.17) is 9.84 Å². The third-order valence-electron chi connectivity index (χ3n) is 6.21. The van der Waals surface area contributed by atoms with E-state index in [1.165, 1.54) is 0 Å². The highest BCUT2D eigenvalue weighted by Crippen LogP contribution is 2.44. The predicted octanol–water partition coefficient (Wildman–Crippen LogP) is 4.46. The van der Waals surface area contributed by atoms with E-state index < -0.39 is 35.6 Å². The Morgan fingerprint density at radius 3 is 2.06 bits per heavy atom. The van der Waals surface area contributed by atoms with Gasteiger partial charge < -0.3 is 20.5 Å². The summed E-state index contributed by atoms with van der Waals surface area (Å²) in [5.41, 5.74) is 0.709. The number of carboxylic acids is 1. The molecular formula is C25H27F3N2O5. The van der Waals surface area contributed by atoms with Crippen LogP contribution in [-0.4, -0.2) is 47.9 Å². The summed E-state index contributed by atoms with van der Waals surface area (Å²) in [5, 5.41) is 13.0. The molecular weight excluding hydrogens is 465 g/mol. The SMILES string of the molecule is CCCC(CNC(=O)OCC1c2ccccc2-c2ccccc21)C(=O)NC(C)(C(=O)O)C(F)(F)F. The minimum atomic E-state index is -5.20. The summed E-state index contributed by atoms with van der Waals surface area (Å²) < 4.78 is 45.1. The average Bonchev–Trinajstić information content (AvgIpc) is 3.13. The fourth-order valence-electron chi connectivity index (χ4n) is 4.12. The molecule has 0 saturated carbocycles. The van der Waals surface area contributed by atoms with Gasteiger partial charge in [-0.2, -0.15) is 13.2 Å². The molecule has 0 radical (unpaired) electrons. The number of fused-ring (bicyclic) bond motifs is 3. The number of carboxylic acid groups (broad SMARTS) is 1. The molecule has 3 N–H and O–H groups in total. The normalized spacial score (nSPS) is 15.3. The van der Waals surface area contributed by atoms with Gasteiger partial charge in [-0.25, -0.2) is 9.59 Å². The van der Waals surface area contributed by atoms with Crippen molar-refractivity contribution in [2.24, 2.45) is 5.92 Å². The number of alkyl halides is 3. The smallest absolute Gasteiger partial charge is 0.422 e. The summed E-state index contributed by atoms with van der Waals surface area (Å²) in [6.07, 6.45) is -5.45. The highest BCUT2D eigenvalue weighted by atomic mass is 19.4. The third-order valence-corrected chi connectivity index (χ3v) is 6.21. The van der Waals surface area contributed by atoms with Gasteiger partial charge in [0.1, 0.15) is 6.61 Å². The number of hydrogen-bond acceptors (Lipinski definition) is 4. The van der Waals surface area contributed by atoms with E-state index in [0.717, 1.165) is 22.3 Å². The Kier molecular flexibility index (Phi) is 7.72. The van der Waals surface area contributed by atoms with Crippen LogP contribution in [0.5, 0.6) is 0 Å². The Balaban J connectivity index is 1.62. The van der Waals surface area contributed by atoms with Crippen LogP contribution in [0.2, 0.25) is 0 Å². The van der Waals surface area contributed by atoms with Crippen LogP contribution >= 0.6 is 0 Å². The van der Waals surface area contributed by atoms with Gasteiger partial charge in [-0.15, -0.1) is 0 Å². The standard InChI is InChI=1S/C25H27F3N2O5/c1-3-8-15(21(31)30-24(2,22(32)33)25(26,27)28)13-29-23(34)35-14-20-18-11-6-4-9-16(18)17-10-5-7-12-19(17)20/h4-7,9-12,15,20H,3,8,13-14H2,1-2H3,(H,29,34)(H,30,31)(H,32,33). The van der Waals surface area contributed by atoms with E-state index in [-0.39, 0.29) is 25.5 Å². The van der Waals surface area contributed by atoms with Gasteiger partial charge in [0.05, 0.1) is 5.92 Å². The molecule has 0 aliphatic heterocycles. The molecule has 35 heavy (non-hydrogen) atoms. The van der Waals surface area contributed by atoms with Crippen molar-refractivity contribution in [3.05, 3.63) is 59.7 Å². The molecule has 1 aliphatic rings. The van der Waals surface area contributed by atoms with Crippen molar-refractivity contribution < 1.29 is 37.4 Å². The predicted molar refractivity (Wildman–Crippen MR) is 122 cm³/mol. The minimum absolute atomic E-state index is 0.0374. The molecule has 0 bridgehead atoms. The number of hydrogen-bond donors (Lipinski definition) is 3. The molecule has 0 fully saturated rings. The van der Waals surface area contributed by atoms with Gasteiger partial charge in [-0.05, 0) is 35.6 Å². The van der Waals surface area contributed by atoms with Crippen LogP contribution in [0.1, 0.15) is 43.7 Å². The lowest BCUT2D eigenvalue weighted by atomic mass is 9.97. The molecule has 0 saturated heterocycles. The van der Waals surface area contributed by atoms with Gasteiger partial charge in [0.25, 0.3) is 0 Å². The quantitative estimate of drug-likeness (QED) is 0.479. The molecule has 2 atom stereocenters. The van der Waals surface area contributed by atoms with Crippen LogP contribution in [0.3, 0.4) is 0 Å². The number of amides is 2. The second kappa shape index (κ2) is 10.4. The molecule has 0 heterocycles. The van der Waals surface area contributed by atoms with Crippen molar-refractivity contribution in [2.75, 3.05) is 13.2 Å². The zero-order valence-corrected chi connectivity index (χ0v) is 19.3. The fraction of sp³-hybridized carbons (Fsp3) is 0.400. The van der Waals surface area contributed by atoms with Gasteiger partial charge >= 0.3 is 18.2 Å². The maximum atomic E-state index is 13.3. The Labute approximate surface area is 200 Å². The second-order valence-electron chi connectivity index (χ2n) is 8.61. The summed E-state index contributed by atoms with van der Waals surface area (Å²) in [6.45, 7) is 1.84. The Morgan fingerprint density at radius 1 is 1.03 bits per heavy atom. The second-order valence-corrected chi connectivity index (χ2v) is 8.61. The van der Waals surface area contributed by atoms with Gasteiger partial charge in [0.2, 0.25) is 11.4 Å². The monoisotopic (exact) mass is 492 g/mol. The van der Waals surface area contributed by atoms with Crippen LogP contribution < -0.4 is 10.6 Å². The summed E-state index contributed by atoms with van der Waals surface area (Å²) in [5.74, 6) is -4.58.